The van der Waals surface area contributed by atoms with E-state index in [0.29, 0.717) is 15.6 Å². The van der Waals surface area contributed by atoms with Gasteiger partial charge in [0.1, 0.15) is 0 Å². The van der Waals surface area contributed by atoms with E-state index in [0.717, 1.165) is 0 Å². The highest BCUT2D eigenvalue weighted by Gasteiger charge is 2.23. The second-order valence-electron chi connectivity index (χ2n) is 3.86. The van der Waals surface area contributed by atoms with Crippen LogP contribution in [-0.2, 0) is 19.1 Å². The number of methoxy groups -OCH3 is 2. The zero-order valence-corrected chi connectivity index (χ0v) is 12.1. The lowest BCUT2D eigenvalue weighted by atomic mass is 9.94. The monoisotopic (exact) mass is 304 g/mol. The van der Waals surface area contributed by atoms with E-state index < -0.39 is 11.9 Å². The van der Waals surface area contributed by atoms with E-state index in [-0.39, 0.29) is 18.8 Å². The van der Waals surface area contributed by atoms with E-state index in [1.165, 1.54) is 14.2 Å². The summed E-state index contributed by atoms with van der Waals surface area (Å²) in [5.41, 5.74) is 0.658. The van der Waals surface area contributed by atoms with Crippen LogP contribution in [0, 0.1) is 0 Å². The van der Waals surface area contributed by atoms with E-state index in [1.54, 1.807) is 18.2 Å². The Bertz CT molecular complexity index is 474. The Hall–Kier alpha value is -1.26. The molecule has 104 valence electrons. The highest BCUT2D eigenvalue weighted by atomic mass is 35.5. The van der Waals surface area contributed by atoms with E-state index in [4.69, 9.17) is 27.9 Å². The lowest BCUT2D eigenvalue weighted by molar-refractivity contribution is -0.143. The normalized spacial score (nSPS) is 11.8. The molecule has 0 spiro atoms. The minimum Gasteiger partial charge on any atom is -0.469 e. The molecule has 1 rings (SSSR count). The van der Waals surface area contributed by atoms with Crippen LogP contribution >= 0.6 is 23.2 Å². The summed E-state index contributed by atoms with van der Waals surface area (Å²) in [5, 5.41) is 0.758. The number of hydrogen-bond acceptors (Lipinski definition) is 4. The molecule has 0 bridgehead atoms. The Morgan fingerprint density at radius 2 is 1.84 bits per heavy atom. The highest BCUT2D eigenvalue weighted by Crippen LogP contribution is 2.29. The van der Waals surface area contributed by atoms with Crippen LogP contribution in [0.5, 0.6) is 0 Å². The highest BCUT2D eigenvalue weighted by molar-refractivity contribution is 6.42. The first-order valence-electron chi connectivity index (χ1n) is 5.59. The first-order chi connectivity index (χ1) is 8.99. The molecule has 1 unspecified atom stereocenters. The summed E-state index contributed by atoms with van der Waals surface area (Å²) < 4.78 is 9.29. The van der Waals surface area contributed by atoms with Crippen LogP contribution in [0.25, 0.3) is 0 Å². The van der Waals surface area contributed by atoms with Crippen LogP contribution in [-0.4, -0.2) is 26.2 Å². The molecule has 0 aromatic heterocycles. The van der Waals surface area contributed by atoms with Crippen molar-refractivity contribution in [3.05, 3.63) is 33.8 Å². The van der Waals surface area contributed by atoms with Crippen LogP contribution in [0.2, 0.25) is 10.0 Å². The van der Waals surface area contributed by atoms with Crippen molar-refractivity contribution in [3.8, 4) is 0 Å². The molecular weight excluding hydrogens is 291 g/mol. The third-order valence-electron chi connectivity index (χ3n) is 2.70. The fourth-order valence-corrected chi connectivity index (χ4v) is 1.96. The Morgan fingerprint density at radius 3 is 2.37 bits per heavy atom. The first kappa shape index (κ1) is 15.8. The first-order valence-corrected chi connectivity index (χ1v) is 6.34. The number of carbonyl (C=O) groups excluding carboxylic acids is 2. The molecule has 4 nitrogen and oxygen atoms in total. The summed E-state index contributed by atoms with van der Waals surface area (Å²) in [4.78, 5) is 22.9. The third kappa shape index (κ3) is 4.40. The molecule has 0 aliphatic rings. The van der Waals surface area contributed by atoms with Crippen molar-refractivity contribution in [2.75, 3.05) is 14.2 Å². The number of halogens is 2. The van der Waals surface area contributed by atoms with Crippen LogP contribution in [0.3, 0.4) is 0 Å². The average molecular weight is 305 g/mol. The standard InChI is InChI=1S/C13H14Cl2O4/c1-18-12(16)6-4-9(13(17)19-2)8-3-5-10(14)11(15)7-8/h3,5,7,9H,4,6H2,1-2H3. The molecule has 0 aliphatic carbocycles. The molecule has 0 N–H and O–H groups in total. The van der Waals surface area contributed by atoms with E-state index >= 15 is 0 Å². The van der Waals surface area contributed by atoms with Crippen LogP contribution < -0.4 is 0 Å². The van der Waals surface area contributed by atoms with Gasteiger partial charge in [-0.25, -0.2) is 0 Å². The molecule has 6 heteroatoms. The van der Waals surface area contributed by atoms with Gasteiger partial charge in [-0.3, -0.25) is 9.59 Å². The molecule has 0 fully saturated rings. The van der Waals surface area contributed by atoms with Gasteiger partial charge in [0.15, 0.2) is 0 Å². The maximum absolute atomic E-state index is 11.8. The molecule has 0 saturated heterocycles. The van der Waals surface area contributed by atoms with Crippen LogP contribution in [0.15, 0.2) is 18.2 Å². The van der Waals surface area contributed by atoms with Gasteiger partial charge in [-0.15, -0.1) is 0 Å². The molecule has 1 atom stereocenters. The zero-order chi connectivity index (χ0) is 14.4. The smallest absolute Gasteiger partial charge is 0.313 e. The average Bonchev–Trinajstić information content (AvgIpc) is 2.42. The van der Waals surface area contributed by atoms with Crippen molar-refractivity contribution in [1.82, 2.24) is 0 Å². The number of rotatable bonds is 5. The number of ether oxygens (including phenoxy) is 2. The molecule has 0 radical (unpaired) electrons. The van der Waals surface area contributed by atoms with E-state index in [2.05, 4.69) is 4.74 Å². The van der Waals surface area contributed by atoms with Crippen molar-refractivity contribution < 1.29 is 19.1 Å². The quantitative estimate of drug-likeness (QED) is 0.784. The van der Waals surface area contributed by atoms with Crippen molar-refractivity contribution >= 4 is 35.1 Å². The molecule has 0 aliphatic heterocycles. The Balaban J connectivity index is 2.92. The van der Waals surface area contributed by atoms with Gasteiger partial charge in [-0.2, -0.15) is 0 Å². The number of carbonyl (C=O) groups is 2. The summed E-state index contributed by atoms with van der Waals surface area (Å²) in [6.07, 6.45) is 0.411. The van der Waals surface area contributed by atoms with E-state index in [1.807, 2.05) is 0 Å². The third-order valence-corrected chi connectivity index (χ3v) is 3.44. The van der Waals surface area contributed by atoms with Crippen LogP contribution in [0.4, 0.5) is 0 Å². The molecular formula is C13H14Cl2O4. The fraction of sp³-hybridized carbons (Fsp3) is 0.385. The molecule has 0 saturated carbocycles. The summed E-state index contributed by atoms with van der Waals surface area (Å²) in [5.74, 6) is -1.38. The predicted molar refractivity (Wildman–Crippen MR) is 72.5 cm³/mol. The minimum absolute atomic E-state index is 0.122. The van der Waals surface area contributed by atoms with Gasteiger partial charge < -0.3 is 9.47 Å². The SMILES string of the molecule is COC(=O)CCC(C(=O)OC)c1ccc(Cl)c(Cl)c1. The minimum atomic E-state index is -0.570. The van der Waals surface area contributed by atoms with Gasteiger partial charge >= 0.3 is 11.9 Å². The van der Waals surface area contributed by atoms with Gasteiger partial charge in [0.05, 0.1) is 30.2 Å². The van der Waals surface area contributed by atoms with Gasteiger partial charge in [0.2, 0.25) is 0 Å². The second kappa shape index (κ2) is 7.36. The number of hydrogen-bond donors (Lipinski definition) is 0. The van der Waals surface area contributed by atoms with Crippen molar-refractivity contribution in [1.29, 1.82) is 0 Å². The molecule has 1 aromatic carbocycles. The summed E-state index contributed by atoms with van der Waals surface area (Å²) in [7, 11) is 2.60. The van der Waals surface area contributed by atoms with Crippen molar-refractivity contribution in [2.45, 2.75) is 18.8 Å². The van der Waals surface area contributed by atoms with E-state index in [9.17, 15) is 9.59 Å². The van der Waals surface area contributed by atoms with Gasteiger partial charge in [0.25, 0.3) is 0 Å². The molecule has 19 heavy (non-hydrogen) atoms. The van der Waals surface area contributed by atoms with Crippen LogP contribution in [0.1, 0.15) is 24.3 Å². The van der Waals surface area contributed by atoms with Crippen molar-refractivity contribution in [2.24, 2.45) is 0 Å². The fourth-order valence-electron chi connectivity index (χ4n) is 1.66. The maximum atomic E-state index is 11.8. The summed E-state index contributed by atoms with van der Waals surface area (Å²) in [6.45, 7) is 0. The predicted octanol–water partition coefficient (Wildman–Crippen LogP) is 3.20. The largest absolute Gasteiger partial charge is 0.469 e. The Kier molecular flexibility index (Phi) is 6.12. The molecule has 0 amide bonds. The van der Waals surface area contributed by atoms with Gasteiger partial charge in [-0.05, 0) is 24.1 Å². The molecule has 0 heterocycles. The zero-order valence-electron chi connectivity index (χ0n) is 10.6. The second-order valence-corrected chi connectivity index (χ2v) is 4.68. The topological polar surface area (TPSA) is 52.6 Å². The lowest BCUT2D eigenvalue weighted by Gasteiger charge is -2.15. The van der Waals surface area contributed by atoms with Gasteiger partial charge in [0, 0.05) is 6.42 Å². The molecule has 1 aromatic rings. The van der Waals surface area contributed by atoms with Crippen molar-refractivity contribution in [3.63, 3.8) is 0 Å². The number of benzene rings is 1. The maximum Gasteiger partial charge on any atom is 0.313 e. The summed E-state index contributed by atoms with van der Waals surface area (Å²) >= 11 is 11.7. The van der Waals surface area contributed by atoms with Gasteiger partial charge in [-0.1, -0.05) is 29.3 Å². The number of esters is 2. The Morgan fingerprint density at radius 1 is 1.16 bits per heavy atom. The summed E-state index contributed by atoms with van der Waals surface area (Å²) in [6, 6.07) is 4.89. The Labute approximate surface area is 121 Å². The lowest BCUT2D eigenvalue weighted by Crippen LogP contribution is -2.16.